The van der Waals surface area contributed by atoms with Crippen molar-refractivity contribution in [3.05, 3.63) is 29.3 Å². The lowest BCUT2D eigenvalue weighted by molar-refractivity contribution is -0.140. The molecule has 0 spiro atoms. The van der Waals surface area contributed by atoms with Crippen molar-refractivity contribution in [3.63, 3.8) is 0 Å². The maximum Gasteiger partial charge on any atom is 0.366 e. The topological polar surface area (TPSA) is 114 Å². The lowest BCUT2D eigenvalue weighted by Crippen LogP contribution is -2.39. The number of rotatable bonds is 9. The molecular formula is C20H25N3O6. The average molecular weight is 403 g/mol. The number of esters is 2. The summed E-state index contributed by atoms with van der Waals surface area (Å²) in [6.45, 7) is 7.10. The van der Waals surface area contributed by atoms with E-state index in [4.69, 9.17) is 9.47 Å². The van der Waals surface area contributed by atoms with Crippen molar-refractivity contribution in [3.8, 4) is 0 Å². The first-order chi connectivity index (χ1) is 13.9. The molecule has 0 bridgehead atoms. The molecule has 2 rings (SSSR count). The van der Waals surface area contributed by atoms with Crippen LogP contribution in [0.5, 0.6) is 0 Å². The van der Waals surface area contributed by atoms with E-state index in [-0.39, 0.29) is 42.0 Å². The van der Waals surface area contributed by atoms with Crippen molar-refractivity contribution in [1.82, 2.24) is 4.90 Å². The van der Waals surface area contributed by atoms with Crippen molar-refractivity contribution in [2.45, 2.75) is 46.6 Å². The van der Waals surface area contributed by atoms with Crippen LogP contribution < -0.4 is 5.43 Å². The molecule has 0 saturated heterocycles. The fraction of sp³-hybridized carbons (Fsp3) is 0.450. The molecule has 0 fully saturated rings. The summed E-state index contributed by atoms with van der Waals surface area (Å²) < 4.78 is 9.66. The molecule has 0 radical (unpaired) electrons. The molecular weight excluding hydrogens is 378 g/mol. The number of imide groups is 1. The first-order valence-corrected chi connectivity index (χ1v) is 9.59. The Morgan fingerprint density at radius 2 is 1.59 bits per heavy atom. The molecule has 0 atom stereocenters. The molecule has 1 N–H and O–H groups in total. The highest BCUT2D eigenvalue weighted by molar-refractivity contribution is 6.62. The third kappa shape index (κ3) is 4.44. The second-order valence-electron chi connectivity index (χ2n) is 6.19. The van der Waals surface area contributed by atoms with Gasteiger partial charge in [-0.1, -0.05) is 19.9 Å². The number of amides is 2. The summed E-state index contributed by atoms with van der Waals surface area (Å²) >= 11 is 0. The van der Waals surface area contributed by atoms with Crippen LogP contribution in [0.3, 0.4) is 0 Å². The van der Waals surface area contributed by atoms with E-state index in [1.807, 2.05) is 13.8 Å². The number of hydrogen-bond donors (Lipinski definition) is 1. The molecule has 1 aromatic rings. The van der Waals surface area contributed by atoms with Gasteiger partial charge in [0.15, 0.2) is 0 Å². The lowest BCUT2D eigenvalue weighted by Gasteiger charge is -2.23. The summed E-state index contributed by atoms with van der Waals surface area (Å²) in [6, 6.07) is 4.47. The number of benzene rings is 1. The van der Waals surface area contributed by atoms with Gasteiger partial charge < -0.3 is 9.47 Å². The minimum Gasteiger partial charge on any atom is -0.461 e. The molecule has 1 aliphatic rings. The Kier molecular flexibility index (Phi) is 7.46. The summed E-state index contributed by atoms with van der Waals surface area (Å²) in [5.74, 6) is -2.72. The Labute approximate surface area is 169 Å². The predicted octanol–water partition coefficient (Wildman–Crippen LogP) is 2.37. The van der Waals surface area contributed by atoms with E-state index < -0.39 is 23.6 Å². The van der Waals surface area contributed by atoms with Crippen LogP contribution in [-0.4, -0.2) is 53.6 Å². The minimum atomic E-state index is -0.952. The Morgan fingerprint density at radius 1 is 1.00 bits per heavy atom. The number of fused-ring (bicyclic) bond motifs is 1. The third-order valence-corrected chi connectivity index (χ3v) is 4.48. The van der Waals surface area contributed by atoms with E-state index in [2.05, 4.69) is 10.5 Å². The zero-order chi connectivity index (χ0) is 21.6. The summed E-state index contributed by atoms with van der Waals surface area (Å²) in [5.41, 5.74) is 2.58. The molecule has 1 heterocycles. The normalized spacial score (nSPS) is 12.7. The largest absolute Gasteiger partial charge is 0.461 e. The van der Waals surface area contributed by atoms with Gasteiger partial charge in [-0.25, -0.2) is 9.59 Å². The standard InChI is InChI=1S/C20H25N3O6/c1-5-12(6-2)23-17(24)13-10-9-11-14(15(13)18(23)25)21-22-16(19(26)28-7-3)20(27)29-8-4/h9-12,21H,5-8H2,1-4H3. The first-order valence-electron chi connectivity index (χ1n) is 9.59. The number of anilines is 1. The van der Waals surface area contributed by atoms with Gasteiger partial charge in [-0.3, -0.25) is 19.9 Å². The predicted molar refractivity (Wildman–Crippen MR) is 106 cm³/mol. The fourth-order valence-corrected chi connectivity index (χ4v) is 3.07. The van der Waals surface area contributed by atoms with Gasteiger partial charge >= 0.3 is 11.9 Å². The number of carbonyl (C=O) groups is 4. The van der Waals surface area contributed by atoms with Gasteiger partial charge in [0.05, 0.1) is 30.0 Å². The van der Waals surface area contributed by atoms with Crippen LogP contribution in [0.2, 0.25) is 0 Å². The van der Waals surface area contributed by atoms with E-state index in [1.165, 1.54) is 11.0 Å². The van der Waals surface area contributed by atoms with Crippen LogP contribution in [0.1, 0.15) is 61.3 Å². The lowest BCUT2D eigenvalue weighted by atomic mass is 10.1. The zero-order valence-electron chi connectivity index (χ0n) is 17.0. The smallest absolute Gasteiger partial charge is 0.366 e. The van der Waals surface area contributed by atoms with Crippen LogP contribution in [0.25, 0.3) is 0 Å². The van der Waals surface area contributed by atoms with Crippen molar-refractivity contribution in [1.29, 1.82) is 0 Å². The summed E-state index contributed by atoms with van der Waals surface area (Å²) in [6.07, 6.45) is 1.28. The van der Waals surface area contributed by atoms with Crippen molar-refractivity contribution < 1.29 is 28.7 Å². The number of carbonyl (C=O) groups excluding carboxylic acids is 4. The Bertz CT molecular complexity index is 825. The second-order valence-corrected chi connectivity index (χ2v) is 6.19. The molecule has 9 heteroatoms. The third-order valence-electron chi connectivity index (χ3n) is 4.48. The maximum absolute atomic E-state index is 12.9. The van der Waals surface area contributed by atoms with Crippen molar-refractivity contribution in [2.24, 2.45) is 5.10 Å². The number of nitrogens with zero attached hydrogens (tertiary/aromatic N) is 2. The van der Waals surface area contributed by atoms with Gasteiger partial charge in [-0.2, -0.15) is 5.10 Å². The van der Waals surface area contributed by atoms with Crippen molar-refractivity contribution >= 4 is 35.2 Å². The van der Waals surface area contributed by atoms with Gasteiger partial charge in [0.2, 0.25) is 0 Å². The molecule has 1 aromatic carbocycles. The van der Waals surface area contributed by atoms with E-state index in [0.717, 1.165) is 0 Å². The van der Waals surface area contributed by atoms with E-state index in [1.54, 1.807) is 26.0 Å². The van der Waals surface area contributed by atoms with Crippen LogP contribution in [0.15, 0.2) is 23.3 Å². The molecule has 0 aromatic heterocycles. The quantitative estimate of drug-likeness (QED) is 0.221. The number of ether oxygens (including phenoxy) is 2. The Hall–Kier alpha value is -3.23. The van der Waals surface area contributed by atoms with Gasteiger partial charge in [-0.05, 0) is 38.8 Å². The first kappa shape index (κ1) is 22.1. The fourth-order valence-electron chi connectivity index (χ4n) is 3.07. The highest BCUT2D eigenvalue weighted by Gasteiger charge is 2.40. The van der Waals surface area contributed by atoms with E-state index >= 15 is 0 Å². The van der Waals surface area contributed by atoms with Gasteiger partial charge in [0.1, 0.15) is 0 Å². The highest BCUT2D eigenvalue weighted by atomic mass is 16.6. The molecule has 156 valence electrons. The van der Waals surface area contributed by atoms with E-state index in [0.29, 0.717) is 12.8 Å². The number of nitrogens with one attached hydrogen (secondary N) is 1. The van der Waals surface area contributed by atoms with Crippen LogP contribution in [0, 0.1) is 0 Å². The maximum atomic E-state index is 12.9. The minimum absolute atomic E-state index is 0.0510. The van der Waals surface area contributed by atoms with Crippen molar-refractivity contribution in [2.75, 3.05) is 18.6 Å². The molecule has 2 amide bonds. The van der Waals surface area contributed by atoms with Gasteiger partial charge in [0.25, 0.3) is 17.5 Å². The van der Waals surface area contributed by atoms with Crippen LogP contribution >= 0.6 is 0 Å². The average Bonchev–Trinajstić information content (AvgIpc) is 2.95. The monoisotopic (exact) mass is 403 g/mol. The molecule has 0 saturated carbocycles. The molecule has 29 heavy (non-hydrogen) atoms. The number of hydrogen-bond acceptors (Lipinski definition) is 8. The van der Waals surface area contributed by atoms with E-state index in [9.17, 15) is 19.2 Å². The van der Waals surface area contributed by atoms with Gasteiger partial charge in [0, 0.05) is 6.04 Å². The summed E-state index contributed by atoms with van der Waals surface area (Å²) in [7, 11) is 0. The summed E-state index contributed by atoms with van der Waals surface area (Å²) in [5, 5.41) is 3.81. The SMILES string of the molecule is CCOC(=O)C(=NNc1cccc2c1C(=O)N(C(CC)CC)C2=O)C(=O)OCC. The van der Waals surface area contributed by atoms with Gasteiger partial charge in [-0.15, -0.1) is 0 Å². The second kappa shape index (κ2) is 9.81. The molecule has 0 unspecified atom stereocenters. The Morgan fingerprint density at radius 3 is 2.10 bits per heavy atom. The highest BCUT2D eigenvalue weighted by Crippen LogP contribution is 2.32. The molecule has 9 nitrogen and oxygen atoms in total. The summed E-state index contributed by atoms with van der Waals surface area (Å²) in [4.78, 5) is 51.0. The molecule has 1 aliphatic heterocycles. The molecule has 0 aliphatic carbocycles. The van der Waals surface area contributed by atoms with Crippen LogP contribution in [0.4, 0.5) is 5.69 Å². The van der Waals surface area contributed by atoms with Crippen LogP contribution in [-0.2, 0) is 19.1 Å². The number of hydrazone groups is 1. The Balaban J connectivity index is 2.40. The zero-order valence-corrected chi connectivity index (χ0v) is 17.0.